The van der Waals surface area contributed by atoms with Crippen molar-refractivity contribution in [3.05, 3.63) is 0 Å². The molecule has 1 unspecified atom stereocenters. The van der Waals surface area contributed by atoms with Crippen molar-refractivity contribution in [3.8, 4) is 0 Å². The van der Waals surface area contributed by atoms with E-state index < -0.39 is 0 Å². The fraction of sp³-hybridized carbons (Fsp3) is 0.786. The first-order valence-electron chi connectivity index (χ1n) is 7.66. The maximum Gasteiger partial charge on any atom is 0.231 e. The lowest BCUT2D eigenvalue weighted by Crippen LogP contribution is -2.32. The maximum atomic E-state index is 4.52. The van der Waals surface area contributed by atoms with E-state index in [0.717, 1.165) is 26.2 Å². The van der Waals surface area contributed by atoms with Gasteiger partial charge in [0.05, 0.1) is 0 Å². The first-order valence-corrected chi connectivity index (χ1v) is 7.66. The first kappa shape index (κ1) is 17.4. The number of anilines is 3. The standard InChI is InChI=1S/C14H29N7/c1-7-15-12-17-13(16-10-11(4)20(5)6)19-14(18-12)21(8-2)9-3/h11H,7-10H2,1-6H3,(H2,15,16,17,18,19). The van der Waals surface area contributed by atoms with Crippen LogP contribution >= 0.6 is 0 Å². The minimum absolute atomic E-state index is 0.404. The van der Waals surface area contributed by atoms with Crippen LogP contribution in [-0.2, 0) is 0 Å². The summed E-state index contributed by atoms with van der Waals surface area (Å²) in [4.78, 5) is 17.7. The highest BCUT2D eigenvalue weighted by Crippen LogP contribution is 2.13. The molecule has 1 aromatic heterocycles. The number of hydrogen-bond acceptors (Lipinski definition) is 7. The zero-order valence-corrected chi connectivity index (χ0v) is 14.1. The zero-order chi connectivity index (χ0) is 15.8. The smallest absolute Gasteiger partial charge is 0.231 e. The summed E-state index contributed by atoms with van der Waals surface area (Å²) in [5, 5.41) is 6.46. The van der Waals surface area contributed by atoms with Crippen molar-refractivity contribution in [1.29, 1.82) is 0 Å². The first-order chi connectivity index (χ1) is 10.0. The van der Waals surface area contributed by atoms with Crippen LogP contribution in [0.5, 0.6) is 0 Å². The van der Waals surface area contributed by atoms with Crippen molar-refractivity contribution in [2.24, 2.45) is 0 Å². The third-order valence-corrected chi connectivity index (χ3v) is 3.44. The number of aromatic nitrogens is 3. The predicted octanol–water partition coefficient (Wildman–Crippen LogP) is 1.51. The van der Waals surface area contributed by atoms with Gasteiger partial charge in [0.1, 0.15) is 0 Å². The third kappa shape index (κ3) is 5.34. The van der Waals surface area contributed by atoms with Crippen molar-refractivity contribution in [1.82, 2.24) is 19.9 Å². The summed E-state index contributed by atoms with van der Waals surface area (Å²) in [5.41, 5.74) is 0. The van der Waals surface area contributed by atoms with Gasteiger partial charge in [0.15, 0.2) is 0 Å². The minimum Gasteiger partial charge on any atom is -0.354 e. The Labute approximate surface area is 128 Å². The van der Waals surface area contributed by atoms with Gasteiger partial charge in [-0.05, 0) is 41.8 Å². The molecule has 2 N–H and O–H groups in total. The molecule has 21 heavy (non-hydrogen) atoms. The second-order valence-electron chi connectivity index (χ2n) is 5.18. The monoisotopic (exact) mass is 295 g/mol. The van der Waals surface area contributed by atoms with Crippen LogP contribution in [-0.4, -0.2) is 66.2 Å². The molecule has 7 nitrogen and oxygen atoms in total. The van der Waals surface area contributed by atoms with Crippen LogP contribution in [0.25, 0.3) is 0 Å². The molecule has 1 heterocycles. The van der Waals surface area contributed by atoms with Crippen LogP contribution in [0, 0.1) is 0 Å². The fourth-order valence-corrected chi connectivity index (χ4v) is 1.75. The quantitative estimate of drug-likeness (QED) is 0.715. The molecule has 0 aliphatic rings. The van der Waals surface area contributed by atoms with Crippen molar-refractivity contribution in [2.75, 3.05) is 55.8 Å². The Morgan fingerprint density at radius 3 is 2.00 bits per heavy atom. The lowest BCUT2D eigenvalue weighted by molar-refractivity contribution is 0.325. The Morgan fingerprint density at radius 1 is 0.952 bits per heavy atom. The van der Waals surface area contributed by atoms with E-state index >= 15 is 0 Å². The van der Waals surface area contributed by atoms with Crippen molar-refractivity contribution >= 4 is 17.8 Å². The van der Waals surface area contributed by atoms with Gasteiger partial charge in [-0.15, -0.1) is 0 Å². The molecular weight excluding hydrogens is 266 g/mol. The number of hydrogen-bond donors (Lipinski definition) is 2. The zero-order valence-electron chi connectivity index (χ0n) is 14.1. The maximum absolute atomic E-state index is 4.52. The van der Waals surface area contributed by atoms with Gasteiger partial charge in [-0.2, -0.15) is 15.0 Å². The third-order valence-electron chi connectivity index (χ3n) is 3.44. The summed E-state index contributed by atoms with van der Waals surface area (Å²) < 4.78 is 0. The van der Waals surface area contributed by atoms with E-state index in [4.69, 9.17) is 0 Å². The molecular formula is C14H29N7. The van der Waals surface area contributed by atoms with E-state index in [1.807, 2.05) is 6.92 Å². The van der Waals surface area contributed by atoms with Gasteiger partial charge < -0.3 is 20.4 Å². The minimum atomic E-state index is 0.404. The number of nitrogens with one attached hydrogen (secondary N) is 2. The summed E-state index contributed by atoms with van der Waals surface area (Å²) >= 11 is 0. The van der Waals surface area contributed by atoms with Crippen LogP contribution in [0.3, 0.4) is 0 Å². The molecule has 0 aliphatic carbocycles. The molecule has 1 rings (SSSR count). The molecule has 0 saturated heterocycles. The Kier molecular flexibility index (Phi) is 7.14. The second-order valence-corrected chi connectivity index (χ2v) is 5.18. The average Bonchev–Trinajstić information content (AvgIpc) is 2.46. The molecule has 0 aromatic carbocycles. The van der Waals surface area contributed by atoms with E-state index in [0.29, 0.717) is 23.9 Å². The molecule has 1 aromatic rings. The van der Waals surface area contributed by atoms with Gasteiger partial charge in [0, 0.05) is 32.2 Å². The molecule has 1 atom stereocenters. The highest BCUT2D eigenvalue weighted by Gasteiger charge is 2.12. The fourth-order valence-electron chi connectivity index (χ4n) is 1.75. The lowest BCUT2D eigenvalue weighted by atomic mass is 10.3. The van der Waals surface area contributed by atoms with Crippen LogP contribution in [0.2, 0.25) is 0 Å². The summed E-state index contributed by atoms with van der Waals surface area (Å²) in [7, 11) is 4.12. The normalized spacial score (nSPS) is 12.3. The van der Waals surface area contributed by atoms with Gasteiger partial charge >= 0.3 is 0 Å². The van der Waals surface area contributed by atoms with Gasteiger partial charge in [0.2, 0.25) is 17.8 Å². The average molecular weight is 295 g/mol. The largest absolute Gasteiger partial charge is 0.354 e. The molecule has 0 fully saturated rings. The summed E-state index contributed by atoms with van der Waals surface area (Å²) in [5.74, 6) is 1.96. The molecule has 0 spiro atoms. The Morgan fingerprint density at radius 2 is 1.52 bits per heavy atom. The van der Waals surface area contributed by atoms with E-state index in [9.17, 15) is 0 Å². The molecule has 0 radical (unpaired) electrons. The summed E-state index contributed by atoms with van der Waals surface area (Å²) in [6, 6.07) is 0.404. The summed E-state index contributed by atoms with van der Waals surface area (Å²) in [6.07, 6.45) is 0. The van der Waals surface area contributed by atoms with Crippen LogP contribution in [0.4, 0.5) is 17.8 Å². The van der Waals surface area contributed by atoms with Gasteiger partial charge in [-0.25, -0.2) is 0 Å². The van der Waals surface area contributed by atoms with Crippen molar-refractivity contribution in [3.63, 3.8) is 0 Å². The van der Waals surface area contributed by atoms with Gasteiger partial charge in [0.25, 0.3) is 0 Å². The molecule has 0 amide bonds. The topological polar surface area (TPSA) is 69.2 Å². The molecule has 0 aliphatic heterocycles. The highest BCUT2D eigenvalue weighted by atomic mass is 15.3. The van der Waals surface area contributed by atoms with E-state index in [1.54, 1.807) is 0 Å². The van der Waals surface area contributed by atoms with Crippen molar-refractivity contribution < 1.29 is 0 Å². The number of likely N-dealkylation sites (N-methyl/N-ethyl adjacent to an activating group) is 1. The summed E-state index contributed by atoms with van der Waals surface area (Å²) in [6.45, 7) is 11.7. The van der Waals surface area contributed by atoms with Crippen LogP contribution in [0.1, 0.15) is 27.7 Å². The molecule has 120 valence electrons. The molecule has 7 heteroatoms. The van der Waals surface area contributed by atoms with E-state index in [2.05, 4.69) is 70.3 Å². The van der Waals surface area contributed by atoms with Crippen LogP contribution < -0.4 is 15.5 Å². The van der Waals surface area contributed by atoms with E-state index in [1.165, 1.54) is 0 Å². The highest BCUT2D eigenvalue weighted by molar-refractivity contribution is 5.43. The Balaban J connectivity index is 2.91. The van der Waals surface area contributed by atoms with Gasteiger partial charge in [-0.1, -0.05) is 0 Å². The SMILES string of the molecule is CCNc1nc(NCC(C)N(C)C)nc(N(CC)CC)n1. The number of nitrogens with zero attached hydrogens (tertiary/aromatic N) is 5. The van der Waals surface area contributed by atoms with Gasteiger partial charge in [-0.3, -0.25) is 0 Å². The second kappa shape index (κ2) is 8.61. The van der Waals surface area contributed by atoms with Crippen molar-refractivity contribution in [2.45, 2.75) is 33.7 Å². The van der Waals surface area contributed by atoms with Crippen LogP contribution in [0.15, 0.2) is 0 Å². The molecule has 0 bridgehead atoms. The molecule has 0 saturated carbocycles. The Hall–Kier alpha value is -1.63. The Bertz CT molecular complexity index is 418. The predicted molar refractivity (Wildman–Crippen MR) is 89.2 cm³/mol. The number of rotatable bonds is 9. The lowest BCUT2D eigenvalue weighted by Gasteiger charge is -2.22. The van der Waals surface area contributed by atoms with E-state index in [-0.39, 0.29) is 0 Å².